The van der Waals surface area contributed by atoms with Crippen LogP contribution in [0, 0.1) is 5.82 Å². The van der Waals surface area contributed by atoms with E-state index in [-0.39, 0.29) is 24.8 Å². The normalized spacial score (nSPS) is 23.5. The summed E-state index contributed by atoms with van der Waals surface area (Å²) in [5.74, 6) is -0.568. The predicted octanol–water partition coefficient (Wildman–Crippen LogP) is 1.50. The Morgan fingerprint density at radius 3 is 2.82 bits per heavy atom. The van der Waals surface area contributed by atoms with Crippen molar-refractivity contribution in [2.75, 3.05) is 49.1 Å². The van der Waals surface area contributed by atoms with E-state index in [1.54, 1.807) is 12.1 Å². The van der Waals surface area contributed by atoms with Crippen molar-refractivity contribution in [3.63, 3.8) is 0 Å². The number of hydrogen-bond acceptors (Lipinski definition) is 6. The molecule has 2 aliphatic heterocycles. The van der Waals surface area contributed by atoms with E-state index < -0.39 is 12.2 Å². The number of nitrogens with one attached hydrogen (secondary N) is 1. The summed E-state index contributed by atoms with van der Waals surface area (Å²) in [5.41, 5.74) is 0.953. The van der Waals surface area contributed by atoms with Crippen molar-refractivity contribution in [3.8, 4) is 0 Å². The molecule has 3 fully saturated rings. The number of carbonyl (C=O) groups excluding carboxylic acids is 2. The number of anilines is 2. The molecular formula is C19H25FN4O4. The second-order valence-corrected chi connectivity index (χ2v) is 7.38. The zero-order valence-corrected chi connectivity index (χ0v) is 15.9. The minimum atomic E-state index is -0.536. The molecule has 9 heteroatoms. The first kappa shape index (κ1) is 18.9. The van der Waals surface area contributed by atoms with Gasteiger partial charge in [0.05, 0.1) is 31.1 Å². The summed E-state index contributed by atoms with van der Waals surface area (Å²) in [4.78, 5) is 32.3. The van der Waals surface area contributed by atoms with Crippen LogP contribution in [0.2, 0.25) is 0 Å². The summed E-state index contributed by atoms with van der Waals surface area (Å²) < 4.78 is 20.1. The lowest BCUT2D eigenvalue weighted by Gasteiger charge is -2.24. The summed E-state index contributed by atoms with van der Waals surface area (Å²) in [6.45, 7) is 4.49. The van der Waals surface area contributed by atoms with Gasteiger partial charge in [0.1, 0.15) is 11.9 Å². The van der Waals surface area contributed by atoms with Crippen molar-refractivity contribution in [2.24, 2.45) is 0 Å². The minimum absolute atomic E-state index is 0.188. The number of ether oxygens (including phenoxy) is 1. The van der Waals surface area contributed by atoms with E-state index in [0.717, 1.165) is 19.4 Å². The lowest BCUT2D eigenvalue weighted by Crippen LogP contribution is -2.33. The first-order valence-electron chi connectivity index (χ1n) is 9.68. The van der Waals surface area contributed by atoms with Crippen molar-refractivity contribution in [2.45, 2.75) is 31.9 Å². The van der Waals surface area contributed by atoms with Gasteiger partial charge in [0.2, 0.25) is 5.91 Å². The topological polar surface area (TPSA) is 74.4 Å². The molecule has 0 unspecified atom stereocenters. The van der Waals surface area contributed by atoms with Gasteiger partial charge in [-0.1, -0.05) is 0 Å². The van der Waals surface area contributed by atoms with Crippen LogP contribution < -0.4 is 15.1 Å². The highest BCUT2D eigenvalue weighted by molar-refractivity contribution is 5.90. The van der Waals surface area contributed by atoms with Crippen LogP contribution >= 0.6 is 0 Å². The number of rotatable bonds is 5. The van der Waals surface area contributed by atoms with Gasteiger partial charge in [-0.3, -0.25) is 14.5 Å². The number of benzene rings is 1. The third-order valence-electron chi connectivity index (χ3n) is 5.20. The first-order valence-corrected chi connectivity index (χ1v) is 9.68. The number of cyclic esters (lactones) is 1. The van der Waals surface area contributed by atoms with E-state index in [1.807, 2.05) is 9.96 Å². The lowest BCUT2D eigenvalue weighted by atomic mass is 10.2. The van der Waals surface area contributed by atoms with Gasteiger partial charge in [0, 0.05) is 32.6 Å². The van der Waals surface area contributed by atoms with E-state index in [1.165, 1.54) is 17.9 Å². The second kappa shape index (κ2) is 7.92. The average molecular weight is 392 g/mol. The molecule has 28 heavy (non-hydrogen) atoms. The lowest BCUT2D eigenvalue weighted by molar-refractivity contribution is -0.154. The Kier molecular flexibility index (Phi) is 5.36. The van der Waals surface area contributed by atoms with Crippen LogP contribution in [0.1, 0.15) is 19.8 Å². The van der Waals surface area contributed by atoms with Crippen molar-refractivity contribution in [1.29, 1.82) is 0 Å². The SMILES string of the molecule is CC(=O)NC[C@H]1CN(c2ccc(N3CCON(C4CC4)CC3)c(F)c2)C(=O)O1. The zero-order chi connectivity index (χ0) is 19.7. The molecule has 1 atom stereocenters. The molecule has 152 valence electrons. The van der Waals surface area contributed by atoms with Crippen LogP contribution in [-0.2, 0) is 14.4 Å². The molecule has 1 saturated carbocycles. The fourth-order valence-electron chi connectivity index (χ4n) is 3.57. The molecule has 0 spiro atoms. The van der Waals surface area contributed by atoms with Gasteiger partial charge >= 0.3 is 6.09 Å². The molecule has 2 saturated heterocycles. The number of hydroxylamine groups is 2. The minimum Gasteiger partial charge on any atom is -0.442 e. The van der Waals surface area contributed by atoms with E-state index >= 15 is 0 Å². The Morgan fingerprint density at radius 1 is 1.29 bits per heavy atom. The number of hydrogen-bond donors (Lipinski definition) is 1. The highest BCUT2D eigenvalue weighted by Gasteiger charge is 2.34. The Bertz CT molecular complexity index is 757. The smallest absolute Gasteiger partial charge is 0.414 e. The molecule has 4 rings (SSSR count). The molecule has 8 nitrogen and oxygen atoms in total. The van der Waals surface area contributed by atoms with Crippen molar-refractivity contribution >= 4 is 23.4 Å². The Labute approximate surface area is 163 Å². The van der Waals surface area contributed by atoms with Gasteiger partial charge in [0.25, 0.3) is 0 Å². The van der Waals surface area contributed by atoms with Crippen LogP contribution in [0.25, 0.3) is 0 Å². The number of carbonyl (C=O) groups is 2. The summed E-state index contributed by atoms with van der Waals surface area (Å²) >= 11 is 0. The number of halogens is 1. The summed E-state index contributed by atoms with van der Waals surface area (Å²) in [5, 5.41) is 4.64. The standard InChI is InChI=1S/C19H25FN4O4/c1-13(25)21-11-16-12-23(19(26)28-16)15-4-5-18(17(20)10-15)22-6-7-24(14-2-3-14)27-9-8-22/h4-5,10,14,16H,2-3,6-9,11-12H2,1H3,(H,21,25)/t16-/m0/s1. The molecule has 1 aromatic carbocycles. The van der Waals surface area contributed by atoms with E-state index in [9.17, 15) is 14.0 Å². The fourth-order valence-corrected chi connectivity index (χ4v) is 3.57. The summed E-state index contributed by atoms with van der Waals surface area (Å²) in [7, 11) is 0. The average Bonchev–Trinajstić information content (AvgIpc) is 3.45. The van der Waals surface area contributed by atoms with Gasteiger partial charge in [-0.15, -0.1) is 0 Å². The van der Waals surface area contributed by atoms with Gasteiger partial charge < -0.3 is 15.0 Å². The Morgan fingerprint density at radius 2 is 2.11 bits per heavy atom. The van der Waals surface area contributed by atoms with Crippen molar-refractivity contribution in [1.82, 2.24) is 10.4 Å². The fraction of sp³-hybridized carbons (Fsp3) is 0.579. The molecule has 0 radical (unpaired) electrons. The molecule has 3 aliphatic rings. The van der Waals surface area contributed by atoms with E-state index in [2.05, 4.69) is 5.32 Å². The second-order valence-electron chi connectivity index (χ2n) is 7.38. The third kappa shape index (κ3) is 4.20. The quantitative estimate of drug-likeness (QED) is 0.819. The molecule has 1 aliphatic carbocycles. The van der Waals surface area contributed by atoms with Crippen LogP contribution in [-0.4, -0.2) is 68.5 Å². The molecule has 0 aromatic heterocycles. The Balaban J connectivity index is 1.41. The highest BCUT2D eigenvalue weighted by Crippen LogP contribution is 2.30. The Hall–Kier alpha value is -2.39. The van der Waals surface area contributed by atoms with E-state index in [4.69, 9.17) is 9.57 Å². The monoisotopic (exact) mass is 392 g/mol. The molecule has 1 N–H and O–H groups in total. The van der Waals surface area contributed by atoms with Crippen molar-refractivity contribution in [3.05, 3.63) is 24.0 Å². The first-order chi connectivity index (χ1) is 13.5. The number of amides is 2. The molecule has 0 bridgehead atoms. The number of nitrogens with zero attached hydrogens (tertiary/aromatic N) is 3. The van der Waals surface area contributed by atoms with Crippen LogP contribution in [0.15, 0.2) is 18.2 Å². The highest BCUT2D eigenvalue weighted by atomic mass is 19.1. The maximum atomic E-state index is 14.8. The van der Waals surface area contributed by atoms with Crippen LogP contribution in [0.4, 0.5) is 20.6 Å². The summed E-state index contributed by atoms with van der Waals surface area (Å²) in [6.07, 6.45) is 1.34. The predicted molar refractivity (Wildman–Crippen MR) is 101 cm³/mol. The maximum Gasteiger partial charge on any atom is 0.414 e. The summed E-state index contributed by atoms with van der Waals surface area (Å²) in [6, 6.07) is 5.30. The van der Waals surface area contributed by atoms with Gasteiger partial charge in [-0.25, -0.2) is 9.18 Å². The molecule has 2 heterocycles. The third-order valence-corrected chi connectivity index (χ3v) is 5.20. The van der Waals surface area contributed by atoms with E-state index in [0.29, 0.717) is 37.1 Å². The zero-order valence-electron chi connectivity index (χ0n) is 15.9. The largest absolute Gasteiger partial charge is 0.442 e. The van der Waals surface area contributed by atoms with Gasteiger partial charge in [-0.05, 0) is 31.0 Å². The van der Waals surface area contributed by atoms with Crippen LogP contribution in [0.3, 0.4) is 0 Å². The van der Waals surface area contributed by atoms with Gasteiger partial charge in [0.15, 0.2) is 0 Å². The van der Waals surface area contributed by atoms with Crippen LogP contribution in [0.5, 0.6) is 0 Å². The van der Waals surface area contributed by atoms with Crippen molar-refractivity contribution < 1.29 is 23.6 Å². The maximum absolute atomic E-state index is 14.8. The molecule has 1 aromatic rings. The van der Waals surface area contributed by atoms with Gasteiger partial charge in [-0.2, -0.15) is 5.06 Å². The molecule has 2 amide bonds. The molecular weight excluding hydrogens is 367 g/mol.